The molecule has 0 amide bonds. The summed E-state index contributed by atoms with van der Waals surface area (Å²) in [5, 5.41) is 33.9. The van der Waals surface area contributed by atoms with Gasteiger partial charge in [0.15, 0.2) is 23.2 Å². The number of benzene rings is 2. The third kappa shape index (κ3) is 4.88. The number of halogens is 1. The first-order valence-electron chi connectivity index (χ1n) is 11.1. The molecule has 4 N–H and O–H groups in total. The molecule has 3 heterocycles. The van der Waals surface area contributed by atoms with Crippen LogP contribution >= 0.6 is 0 Å². The molecular formula is C24H23FN6O5. The van der Waals surface area contributed by atoms with E-state index in [1.54, 1.807) is 30.5 Å². The van der Waals surface area contributed by atoms with Crippen molar-refractivity contribution in [1.29, 1.82) is 0 Å². The Labute approximate surface area is 204 Å². The third-order valence-corrected chi connectivity index (χ3v) is 5.73. The maximum absolute atomic E-state index is 13.0. The van der Waals surface area contributed by atoms with E-state index in [-0.39, 0.29) is 5.82 Å². The van der Waals surface area contributed by atoms with E-state index >= 15 is 0 Å². The Morgan fingerprint density at radius 2 is 1.83 bits per heavy atom. The maximum Gasteiger partial charge on any atom is 0.177 e. The van der Waals surface area contributed by atoms with E-state index < -0.39 is 31.1 Å². The molecule has 5 rings (SSSR count). The summed E-state index contributed by atoms with van der Waals surface area (Å²) in [5.41, 5.74) is 5.25. The molecule has 1 aliphatic heterocycles. The third-order valence-electron chi connectivity index (χ3n) is 5.73. The molecule has 2 aromatic heterocycles. The van der Waals surface area contributed by atoms with Crippen LogP contribution in [0, 0.1) is 5.82 Å². The van der Waals surface area contributed by atoms with Crippen LogP contribution in [0.3, 0.4) is 0 Å². The second kappa shape index (κ2) is 10.3. The van der Waals surface area contributed by atoms with Gasteiger partial charge in [-0.1, -0.05) is 12.1 Å². The number of anilines is 1. The zero-order chi connectivity index (χ0) is 25.1. The van der Waals surface area contributed by atoms with Gasteiger partial charge in [0.1, 0.15) is 42.8 Å². The average Bonchev–Trinajstić information content (AvgIpc) is 3.45. The molecule has 1 saturated heterocycles. The quantitative estimate of drug-likeness (QED) is 0.212. The summed E-state index contributed by atoms with van der Waals surface area (Å²) in [6.07, 6.45) is -0.0384. The number of aliphatic hydroxyl groups is 3. The Kier molecular flexibility index (Phi) is 6.82. The Hall–Kier alpha value is -3.97. The van der Waals surface area contributed by atoms with E-state index in [0.29, 0.717) is 29.3 Å². The van der Waals surface area contributed by atoms with Crippen molar-refractivity contribution in [2.45, 2.75) is 31.1 Å². The highest BCUT2D eigenvalue weighted by Gasteiger charge is 2.44. The van der Waals surface area contributed by atoms with Gasteiger partial charge < -0.3 is 24.8 Å². The first-order valence-corrected chi connectivity index (χ1v) is 11.1. The topological polar surface area (TPSA) is 147 Å². The molecule has 11 nitrogen and oxygen atoms in total. The predicted molar refractivity (Wildman–Crippen MR) is 127 cm³/mol. The molecule has 186 valence electrons. The van der Waals surface area contributed by atoms with Crippen LogP contribution in [0.15, 0.2) is 66.3 Å². The van der Waals surface area contributed by atoms with Crippen LogP contribution in [-0.2, 0) is 11.3 Å². The van der Waals surface area contributed by atoms with Gasteiger partial charge in [0.25, 0.3) is 0 Å². The number of fused-ring (bicyclic) bond motifs is 1. The lowest BCUT2D eigenvalue weighted by atomic mass is 10.1. The van der Waals surface area contributed by atoms with Gasteiger partial charge in [0.2, 0.25) is 0 Å². The molecule has 0 radical (unpaired) electrons. The number of hydrogen-bond donors (Lipinski definition) is 4. The number of hydrogen-bond acceptors (Lipinski definition) is 10. The van der Waals surface area contributed by atoms with E-state index in [4.69, 9.17) is 9.47 Å². The van der Waals surface area contributed by atoms with Crippen LogP contribution in [0.25, 0.3) is 11.2 Å². The minimum Gasteiger partial charge on any atom is -0.489 e. The van der Waals surface area contributed by atoms with E-state index in [0.717, 1.165) is 11.1 Å². The summed E-state index contributed by atoms with van der Waals surface area (Å²) in [7, 11) is 0. The molecule has 0 saturated carbocycles. The van der Waals surface area contributed by atoms with Crippen molar-refractivity contribution in [2.75, 3.05) is 12.0 Å². The Bertz CT molecular complexity index is 1350. The van der Waals surface area contributed by atoms with Crippen molar-refractivity contribution < 1.29 is 29.2 Å². The zero-order valence-corrected chi connectivity index (χ0v) is 18.8. The minimum absolute atomic E-state index is 0.287. The molecule has 12 heteroatoms. The number of aliphatic hydroxyl groups excluding tert-OH is 3. The lowest BCUT2D eigenvalue weighted by Crippen LogP contribution is -2.33. The molecule has 2 aromatic carbocycles. The summed E-state index contributed by atoms with van der Waals surface area (Å²) in [5.74, 6) is 0.711. The molecule has 0 spiro atoms. The summed E-state index contributed by atoms with van der Waals surface area (Å²) < 4.78 is 25.7. The van der Waals surface area contributed by atoms with Gasteiger partial charge in [-0.05, 0) is 47.5 Å². The fourth-order valence-corrected chi connectivity index (χ4v) is 3.80. The number of imidazole rings is 1. The van der Waals surface area contributed by atoms with Gasteiger partial charge in [0, 0.05) is 0 Å². The molecule has 1 fully saturated rings. The van der Waals surface area contributed by atoms with Crippen molar-refractivity contribution in [3.8, 4) is 5.75 Å². The van der Waals surface area contributed by atoms with Gasteiger partial charge in [0.05, 0.1) is 19.1 Å². The highest BCUT2D eigenvalue weighted by atomic mass is 19.1. The summed E-state index contributed by atoms with van der Waals surface area (Å²) in [6.45, 7) is -0.104. The second-order valence-corrected chi connectivity index (χ2v) is 8.13. The fourth-order valence-electron chi connectivity index (χ4n) is 3.80. The monoisotopic (exact) mass is 494 g/mol. The van der Waals surface area contributed by atoms with E-state index in [1.165, 1.54) is 29.4 Å². The standard InChI is InChI=1S/C24H23FN6O5/c25-16-5-1-15(2-6-16)11-35-17-7-3-14(4-8-17)9-29-30-22-19-23(27-12-26-22)31(13-28-19)24-21(34)20(33)18(10-32)36-24/h1-9,12-13,18,20-21,24,32-34H,10-11H2,(H,26,27,30)/b29-9+/t18-,20?,21+,24-/m1/s1. The summed E-state index contributed by atoms with van der Waals surface area (Å²) >= 11 is 0. The molecular weight excluding hydrogens is 471 g/mol. The number of ether oxygens (including phenoxy) is 2. The molecule has 4 aromatic rings. The van der Waals surface area contributed by atoms with Crippen LogP contribution < -0.4 is 10.2 Å². The van der Waals surface area contributed by atoms with Crippen LogP contribution in [0.5, 0.6) is 5.75 Å². The van der Waals surface area contributed by atoms with Crippen molar-refractivity contribution >= 4 is 23.2 Å². The summed E-state index contributed by atoms with van der Waals surface area (Å²) in [4.78, 5) is 12.7. The van der Waals surface area contributed by atoms with E-state index in [9.17, 15) is 19.7 Å². The van der Waals surface area contributed by atoms with Gasteiger partial charge in [-0.2, -0.15) is 5.10 Å². The zero-order valence-electron chi connectivity index (χ0n) is 18.8. The fraction of sp³-hybridized carbons (Fsp3) is 0.250. The van der Waals surface area contributed by atoms with Gasteiger partial charge in [-0.3, -0.25) is 9.99 Å². The number of hydrazone groups is 1. The van der Waals surface area contributed by atoms with Crippen LogP contribution in [0.1, 0.15) is 17.4 Å². The van der Waals surface area contributed by atoms with Crippen LogP contribution in [0.4, 0.5) is 10.2 Å². The van der Waals surface area contributed by atoms with E-state index in [1.807, 2.05) is 12.1 Å². The average molecular weight is 494 g/mol. The van der Waals surface area contributed by atoms with E-state index in [2.05, 4.69) is 25.5 Å². The number of aromatic nitrogens is 4. The van der Waals surface area contributed by atoms with Crippen LogP contribution in [-0.4, -0.2) is 66.0 Å². The number of nitrogens with zero attached hydrogens (tertiary/aromatic N) is 5. The minimum atomic E-state index is -1.26. The molecule has 0 bridgehead atoms. The van der Waals surface area contributed by atoms with Crippen molar-refractivity contribution in [2.24, 2.45) is 5.10 Å². The Morgan fingerprint density at radius 3 is 2.56 bits per heavy atom. The van der Waals surface area contributed by atoms with Gasteiger partial charge in [-0.25, -0.2) is 19.3 Å². The number of nitrogens with one attached hydrogen (secondary N) is 1. The molecule has 0 aliphatic carbocycles. The molecule has 1 unspecified atom stereocenters. The molecule has 1 aliphatic rings. The molecule has 36 heavy (non-hydrogen) atoms. The lowest BCUT2D eigenvalue weighted by molar-refractivity contribution is -0.0511. The van der Waals surface area contributed by atoms with Crippen LogP contribution in [0.2, 0.25) is 0 Å². The molecule has 4 atom stereocenters. The second-order valence-electron chi connectivity index (χ2n) is 8.13. The lowest BCUT2D eigenvalue weighted by Gasteiger charge is -2.16. The largest absolute Gasteiger partial charge is 0.489 e. The summed E-state index contributed by atoms with van der Waals surface area (Å²) in [6, 6.07) is 13.4. The first-order chi connectivity index (χ1) is 17.5. The van der Waals surface area contributed by atoms with Gasteiger partial charge in [-0.15, -0.1) is 0 Å². The van der Waals surface area contributed by atoms with Crippen molar-refractivity contribution in [3.63, 3.8) is 0 Å². The normalized spacial score (nSPS) is 21.9. The van der Waals surface area contributed by atoms with Crippen molar-refractivity contribution in [1.82, 2.24) is 19.5 Å². The SMILES string of the molecule is OC[C@H]1O[C@@H](n2cnc3c(N/N=C/c4ccc(OCc5ccc(F)cc5)cc4)ncnc32)[C@@H](O)C1O. The smallest absolute Gasteiger partial charge is 0.177 e. The highest BCUT2D eigenvalue weighted by Crippen LogP contribution is 2.32. The van der Waals surface area contributed by atoms with Gasteiger partial charge >= 0.3 is 0 Å². The Morgan fingerprint density at radius 1 is 1.06 bits per heavy atom. The predicted octanol–water partition coefficient (Wildman–Crippen LogP) is 1.60. The van der Waals surface area contributed by atoms with Crippen molar-refractivity contribution in [3.05, 3.63) is 78.1 Å². The first kappa shape index (κ1) is 23.8. The highest BCUT2D eigenvalue weighted by molar-refractivity contribution is 5.84. The Balaban J connectivity index is 1.23. The maximum atomic E-state index is 13.0. The number of rotatable bonds is 8.